The maximum atomic E-state index is 14.4. The number of alkyl halides is 2. The van der Waals surface area contributed by atoms with Crippen LogP contribution in [0.1, 0.15) is 43.7 Å². The summed E-state index contributed by atoms with van der Waals surface area (Å²) >= 11 is 0. The lowest BCUT2D eigenvalue weighted by Crippen LogP contribution is -2.43. The molecule has 1 aromatic rings. The number of nitrogens with zero attached hydrogens (tertiary/aromatic N) is 2. The van der Waals surface area contributed by atoms with E-state index in [1.54, 1.807) is 6.07 Å². The van der Waals surface area contributed by atoms with Crippen molar-refractivity contribution in [2.45, 2.75) is 57.7 Å². The fourth-order valence-electron chi connectivity index (χ4n) is 3.41. The molecule has 1 unspecified atom stereocenters. The molecule has 1 aromatic carbocycles. The molecule has 1 aliphatic carbocycles. The van der Waals surface area contributed by atoms with Gasteiger partial charge in [-0.25, -0.2) is 18.6 Å². The number of benzene rings is 1. The van der Waals surface area contributed by atoms with Crippen LogP contribution in [0.3, 0.4) is 0 Å². The van der Waals surface area contributed by atoms with Gasteiger partial charge in [-0.1, -0.05) is 19.9 Å². The fraction of sp³-hybridized carbons (Fsp3) is 0.526. The Balaban J connectivity index is 1.93. The molecule has 4 nitrogen and oxygen atoms in total. The first-order valence-corrected chi connectivity index (χ1v) is 8.97. The van der Waals surface area contributed by atoms with Crippen molar-refractivity contribution in [2.75, 3.05) is 7.05 Å². The van der Waals surface area contributed by atoms with Gasteiger partial charge in [-0.3, -0.25) is 9.80 Å². The van der Waals surface area contributed by atoms with Crippen LogP contribution in [0.5, 0.6) is 0 Å². The van der Waals surface area contributed by atoms with Gasteiger partial charge in [-0.2, -0.15) is 4.39 Å². The van der Waals surface area contributed by atoms with E-state index in [-0.39, 0.29) is 18.5 Å². The first kappa shape index (κ1) is 19.7. The molecule has 3 rings (SSSR count). The highest BCUT2D eigenvalue weighted by Crippen LogP contribution is 2.34. The summed E-state index contributed by atoms with van der Waals surface area (Å²) in [6, 6.07) is 2.53. The van der Waals surface area contributed by atoms with Gasteiger partial charge >= 0.3 is 0 Å². The zero-order valence-electron chi connectivity index (χ0n) is 15.5. The van der Waals surface area contributed by atoms with Crippen LogP contribution in [-0.2, 0) is 11.3 Å². The maximum Gasteiger partial charge on any atom is 0.259 e. The fourth-order valence-corrected chi connectivity index (χ4v) is 3.41. The molecule has 0 radical (unpaired) electrons. The molecule has 0 spiro atoms. The molecule has 0 aromatic heterocycles. The van der Waals surface area contributed by atoms with E-state index in [0.29, 0.717) is 5.56 Å². The highest BCUT2D eigenvalue weighted by atomic mass is 19.3. The van der Waals surface area contributed by atoms with Crippen LogP contribution < -0.4 is 5.43 Å². The molecule has 0 bridgehead atoms. The molecule has 27 heavy (non-hydrogen) atoms. The first-order valence-electron chi connectivity index (χ1n) is 8.97. The van der Waals surface area contributed by atoms with Gasteiger partial charge in [0.2, 0.25) is 5.95 Å². The van der Waals surface area contributed by atoms with E-state index in [0.717, 1.165) is 23.4 Å². The molecule has 8 heteroatoms. The number of hydrogen-bond donors (Lipinski definition) is 1. The molecule has 1 heterocycles. The lowest BCUT2D eigenvalue weighted by atomic mass is 9.96. The third-order valence-electron chi connectivity index (χ3n) is 4.96. The zero-order chi connectivity index (χ0) is 19.9. The summed E-state index contributed by atoms with van der Waals surface area (Å²) in [7, 11) is 1.25. The Labute approximate surface area is 155 Å². The van der Waals surface area contributed by atoms with Crippen molar-refractivity contribution < 1.29 is 22.4 Å². The van der Waals surface area contributed by atoms with Crippen molar-refractivity contribution in [2.24, 2.45) is 0 Å². The van der Waals surface area contributed by atoms with Gasteiger partial charge in [0.05, 0.1) is 5.57 Å². The molecule has 148 valence electrons. The van der Waals surface area contributed by atoms with Crippen molar-refractivity contribution in [1.29, 1.82) is 0 Å². The van der Waals surface area contributed by atoms with Gasteiger partial charge < -0.3 is 4.90 Å². The average molecular weight is 385 g/mol. The molecule has 1 amide bonds. The highest BCUT2D eigenvalue weighted by molar-refractivity contribution is 5.96. The average Bonchev–Trinajstić information content (AvgIpc) is 3.38. The van der Waals surface area contributed by atoms with Crippen LogP contribution in [0.25, 0.3) is 0 Å². The molecular formula is C19H23F4N3O. The number of carbonyl (C=O) groups excluding carboxylic acids is 1. The number of rotatable bonds is 6. The van der Waals surface area contributed by atoms with E-state index in [1.165, 1.54) is 24.1 Å². The van der Waals surface area contributed by atoms with Crippen molar-refractivity contribution in [3.05, 3.63) is 46.7 Å². The minimum atomic E-state index is -2.93. The quantitative estimate of drug-likeness (QED) is 0.599. The number of amides is 1. The van der Waals surface area contributed by atoms with Crippen LogP contribution in [0.15, 0.2) is 29.7 Å². The molecule has 1 aliphatic heterocycles. The predicted molar refractivity (Wildman–Crippen MR) is 92.9 cm³/mol. The molecule has 1 fully saturated rings. The minimum Gasteiger partial charge on any atom is -0.331 e. The third-order valence-corrected chi connectivity index (χ3v) is 4.96. The summed E-state index contributed by atoms with van der Waals surface area (Å²) in [5, 5.41) is 0.802. The largest absolute Gasteiger partial charge is 0.331 e. The van der Waals surface area contributed by atoms with Gasteiger partial charge in [-0.05, 0) is 42.0 Å². The van der Waals surface area contributed by atoms with E-state index >= 15 is 0 Å². The van der Waals surface area contributed by atoms with Crippen molar-refractivity contribution in [3.8, 4) is 0 Å². The predicted octanol–water partition coefficient (Wildman–Crippen LogP) is 3.70. The maximum absolute atomic E-state index is 14.4. The SMILES string of the molecule is CC(C)c1ccc(F)cc1CN(C(=O)C1=C(F)N(C)NC1C(F)F)C1CC1. The molecule has 1 N–H and O–H groups in total. The molecular weight excluding hydrogens is 362 g/mol. The highest BCUT2D eigenvalue weighted by Gasteiger charge is 2.44. The van der Waals surface area contributed by atoms with E-state index in [1.807, 2.05) is 13.8 Å². The Morgan fingerprint density at radius 2 is 1.96 bits per heavy atom. The van der Waals surface area contributed by atoms with Gasteiger partial charge in [-0.15, -0.1) is 0 Å². The second-order valence-electron chi connectivity index (χ2n) is 7.37. The van der Waals surface area contributed by atoms with Gasteiger partial charge in [0.25, 0.3) is 12.3 Å². The van der Waals surface area contributed by atoms with Crippen molar-refractivity contribution >= 4 is 5.91 Å². The summed E-state index contributed by atoms with van der Waals surface area (Å²) in [5.41, 5.74) is 3.19. The summed E-state index contributed by atoms with van der Waals surface area (Å²) in [4.78, 5) is 14.4. The topological polar surface area (TPSA) is 35.6 Å². The normalized spacial score (nSPS) is 20.2. The van der Waals surface area contributed by atoms with Crippen LogP contribution in [0.2, 0.25) is 0 Å². The lowest BCUT2D eigenvalue weighted by Gasteiger charge is -2.26. The number of halogens is 4. The second-order valence-corrected chi connectivity index (χ2v) is 7.37. The number of hydrazine groups is 1. The lowest BCUT2D eigenvalue weighted by molar-refractivity contribution is -0.129. The van der Waals surface area contributed by atoms with Crippen LogP contribution in [0.4, 0.5) is 17.6 Å². The molecule has 1 atom stereocenters. The standard InChI is InChI=1S/C19H23F4N3O/c1-10(2)14-7-4-12(20)8-11(14)9-26(13-5-6-13)19(27)15-16(17(21)22)24-25(3)18(15)23/h4,7-8,10,13,16-17,24H,5-6,9H2,1-3H3. The van der Waals surface area contributed by atoms with Crippen LogP contribution >= 0.6 is 0 Å². The van der Waals surface area contributed by atoms with E-state index in [2.05, 4.69) is 5.43 Å². The van der Waals surface area contributed by atoms with Crippen molar-refractivity contribution in [3.63, 3.8) is 0 Å². The zero-order valence-corrected chi connectivity index (χ0v) is 15.5. The summed E-state index contributed by atoms with van der Waals surface area (Å²) < 4.78 is 54.8. The molecule has 0 saturated heterocycles. The van der Waals surface area contributed by atoms with E-state index in [4.69, 9.17) is 0 Å². The van der Waals surface area contributed by atoms with Crippen LogP contribution in [-0.4, -0.2) is 41.4 Å². The molecule has 1 saturated carbocycles. The van der Waals surface area contributed by atoms with Gasteiger partial charge in [0.15, 0.2) is 0 Å². The smallest absolute Gasteiger partial charge is 0.259 e. The Morgan fingerprint density at radius 1 is 1.30 bits per heavy atom. The number of hydrogen-bond acceptors (Lipinski definition) is 3. The Kier molecular flexibility index (Phi) is 5.46. The summed E-state index contributed by atoms with van der Waals surface area (Å²) in [5.74, 6) is -2.10. The van der Waals surface area contributed by atoms with Gasteiger partial charge in [0, 0.05) is 19.6 Å². The summed E-state index contributed by atoms with van der Waals surface area (Å²) in [6.07, 6.45) is -1.49. The van der Waals surface area contributed by atoms with E-state index < -0.39 is 35.7 Å². The van der Waals surface area contributed by atoms with Crippen LogP contribution in [0, 0.1) is 5.82 Å². The Bertz CT molecular complexity index is 761. The Hall–Kier alpha value is -2.09. The van der Waals surface area contributed by atoms with Gasteiger partial charge in [0.1, 0.15) is 11.9 Å². The first-order chi connectivity index (χ1) is 12.7. The van der Waals surface area contributed by atoms with E-state index in [9.17, 15) is 22.4 Å². The second kappa shape index (κ2) is 7.50. The third kappa shape index (κ3) is 3.95. The van der Waals surface area contributed by atoms with Crippen molar-refractivity contribution in [1.82, 2.24) is 15.3 Å². The number of carbonyl (C=O) groups is 1. The summed E-state index contributed by atoms with van der Waals surface area (Å²) in [6.45, 7) is 3.96. The monoisotopic (exact) mass is 385 g/mol. The Morgan fingerprint density at radius 3 is 2.52 bits per heavy atom. The molecule has 2 aliphatic rings. The minimum absolute atomic E-state index is 0.0607. The number of nitrogens with one attached hydrogen (secondary N) is 1.